The lowest BCUT2D eigenvalue weighted by molar-refractivity contribution is -0.926. The zero-order chi connectivity index (χ0) is 18.6. The van der Waals surface area contributed by atoms with Gasteiger partial charge in [-0.3, -0.25) is 0 Å². The number of quaternary nitrogens is 1. The molecule has 5 aliphatic rings. The summed E-state index contributed by atoms with van der Waals surface area (Å²) in [7, 11) is 0. The molecular formula is C21H27NO5. The number of aromatic hydroxyl groups is 1. The van der Waals surface area contributed by atoms with Crippen LogP contribution in [0.25, 0.3) is 0 Å². The van der Waals surface area contributed by atoms with E-state index in [1.165, 1.54) is 6.42 Å². The molecule has 1 spiro atoms. The van der Waals surface area contributed by atoms with Crippen molar-refractivity contribution in [2.45, 2.75) is 74.2 Å². The average Bonchev–Trinajstić information content (AvgIpc) is 2.97. The van der Waals surface area contributed by atoms with Crippen LogP contribution in [0.3, 0.4) is 0 Å². The fourth-order valence-corrected chi connectivity index (χ4v) is 7.11. The minimum absolute atomic E-state index is 0.0634. The molecular weight excluding hydrogens is 346 g/mol. The van der Waals surface area contributed by atoms with Crippen LogP contribution >= 0.6 is 0 Å². The zero-order valence-corrected chi connectivity index (χ0v) is 15.4. The third-order valence-corrected chi connectivity index (χ3v) is 8.55. The second-order valence-corrected chi connectivity index (χ2v) is 9.61. The Kier molecular flexibility index (Phi) is 3.06. The van der Waals surface area contributed by atoms with Crippen molar-refractivity contribution in [2.24, 2.45) is 5.92 Å². The van der Waals surface area contributed by atoms with E-state index in [0.29, 0.717) is 50.4 Å². The Morgan fingerprint density at radius 1 is 1.22 bits per heavy atom. The summed E-state index contributed by atoms with van der Waals surface area (Å²) in [4.78, 5) is 0. The minimum Gasteiger partial charge on any atom is -0.632 e. The van der Waals surface area contributed by atoms with Gasteiger partial charge in [-0.25, -0.2) is 0 Å². The van der Waals surface area contributed by atoms with Crippen molar-refractivity contribution in [3.8, 4) is 11.5 Å². The molecule has 1 saturated heterocycles. The maximum atomic E-state index is 14.0. The van der Waals surface area contributed by atoms with Crippen LogP contribution in [0.5, 0.6) is 11.5 Å². The van der Waals surface area contributed by atoms with E-state index in [0.717, 1.165) is 24.0 Å². The summed E-state index contributed by atoms with van der Waals surface area (Å²) in [5.74, 6) is 0.954. The molecule has 27 heavy (non-hydrogen) atoms. The lowest BCUT2D eigenvalue weighted by atomic mass is 9.48. The highest BCUT2D eigenvalue weighted by Crippen LogP contribution is 2.66. The summed E-state index contributed by atoms with van der Waals surface area (Å²) in [5, 5.41) is 47.2. The highest BCUT2D eigenvalue weighted by molar-refractivity contribution is 5.62. The van der Waals surface area contributed by atoms with E-state index in [9.17, 15) is 20.5 Å². The first kappa shape index (κ1) is 16.6. The van der Waals surface area contributed by atoms with Crippen molar-refractivity contribution in [3.63, 3.8) is 0 Å². The Bertz CT molecular complexity index is 825. The van der Waals surface area contributed by atoms with E-state index in [1.54, 1.807) is 6.07 Å². The number of likely N-dealkylation sites (tertiary alicyclic amines) is 1. The molecule has 6 rings (SSSR count). The van der Waals surface area contributed by atoms with Crippen molar-refractivity contribution in [2.75, 3.05) is 13.1 Å². The van der Waals surface area contributed by atoms with E-state index >= 15 is 0 Å². The van der Waals surface area contributed by atoms with Gasteiger partial charge in [0.1, 0.15) is 17.7 Å². The van der Waals surface area contributed by atoms with Gasteiger partial charge in [0.15, 0.2) is 11.5 Å². The summed E-state index contributed by atoms with van der Waals surface area (Å²) in [6, 6.07) is 3.09. The molecule has 2 bridgehead atoms. The van der Waals surface area contributed by atoms with Crippen LogP contribution in [0.1, 0.15) is 49.7 Å². The number of hydrogen-bond acceptors (Lipinski definition) is 5. The van der Waals surface area contributed by atoms with E-state index in [4.69, 9.17) is 4.74 Å². The highest BCUT2D eigenvalue weighted by atomic mass is 16.6. The van der Waals surface area contributed by atoms with Gasteiger partial charge in [0.25, 0.3) is 0 Å². The Morgan fingerprint density at radius 3 is 2.78 bits per heavy atom. The second kappa shape index (κ2) is 4.98. The minimum atomic E-state index is -1.19. The predicted octanol–water partition coefficient (Wildman–Crippen LogP) is 1.72. The Balaban J connectivity index is 1.55. The first-order valence-electron chi connectivity index (χ1n) is 10.4. The molecule has 2 unspecified atom stereocenters. The van der Waals surface area contributed by atoms with Gasteiger partial charge in [0.2, 0.25) is 0 Å². The molecule has 0 amide bonds. The SMILES string of the molecule is [O-][N+]1(CC2CCC2)CC[C@]23c4c5ccc(O)c4OC2[C@H](O)CC[C@@]3(O)[C@H]1C5. The average molecular weight is 373 g/mol. The fourth-order valence-electron chi connectivity index (χ4n) is 7.11. The number of benzene rings is 1. The fraction of sp³-hybridized carbons (Fsp3) is 0.714. The first-order chi connectivity index (χ1) is 12.9. The van der Waals surface area contributed by atoms with Gasteiger partial charge < -0.3 is 29.9 Å². The number of rotatable bonds is 2. The second-order valence-electron chi connectivity index (χ2n) is 9.61. The molecule has 6 heteroatoms. The summed E-state index contributed by atoms with van der Waals surface area (Å²) in [5.41, 5.74) is -0.101. The van der Waals surface area contributed by atoms with Gasteiger partial charge in [0.05, 0.1) is 24.6 Å². The van der Waals surface area contributed by atoms with Gasteiger partial charge >= 0.3 is 0 Å². The molecule has 1 aromatic carbocycles. The molecule has 0 aromatic heterocycles. The monoisotopic (exact) mass is 373 g/mol. The van der Waals surface area contributed by atoms with Crippen LogP contribution in [-0.4, -0.2) is 56.9 Å². The molecule has 2 saturated carbocycles. The first-order valence-corrected chi connectivity index (χ1v) is 10.4. The number of ether oxygens (including phenoxy) is 1. The molecule has 2 aliphatic heterocycles. The number of hydrogen-bond donors (Lipinski definition) is 3. The zero-order valence-electron chi connectivity index (χ0n) is 15.4. The molecule has 0 radical (unpaired) electrons. The summed E-state index contributed by atoms with van der Waals surface area (Å²) < 4.78 is 5.78. The van der Waals surface area contributed by atoms with Crippen molar-refractivity contribution in [3.05, 3.63) is 28.5 Å². The van der Waals surface area contributed by atoms with Gasteiger partial charge in [-0.05, 0) is 37.3 Å². The quantitative estimate of drug-likeness (QED) is 0.542. The Morgan fingerprint density at radius 2 is 2.04 bits per heavy atom. The molecule has 3 fully saturated rings. The van der Waals surface area contributed by atoms with Crippen LogP contribution < -0.4 is 4.74 Å². The van der Waals surface area contributed by atoms with E-state index in [-0.39, 0.29) is 10.4 Å². The van der Waals surface area contributed by atoms with E-state index in [2.05, 4.69) is 0 Å². The highest BCUT2D eigenvalue weighted by Gasteiger charge is 2.75. The maximum absolute atomic E-state index is 14.0. The number of phenols is 1. The van der Waals surface area contributed by atoms with Crippen molar-refractivity contribution in [1.82, 2.24) is 0 Å². The van der Waals surface area contributed by atoms with Gasteiger partial charge in [-0.1, -0.05) is 12.5 Å². The number of aliphatic hydroxyl groups is 2. The van der Waals surface area contributed by atoms with Crippen LogP contribution in [0, 0.1) is 11.1 Å². The number of hydroxylamine groups is 3. The molecule has 6 atom stereocenters. The number of piperidine rings is 1. The summed E-state index contributed by atoms with van der Waals surface area (Å²) >= 11 is 0. The van der Waals surface area contributed by atoms with Crippen LogP contribution in [0.15, 0.2) is 12.1 Å². The topological polar surface area (TPSA) is 93.0 Å². The van der Waals surface area contributed by atoms with Crippen LogP contribution in [-0.2, 0) is 11.8 Å². The van der Waals surface area contributed by atoms with Crippen molar-refractivity contribution < 1.29 is 24.7 Å². The molecule has 146 valence electrons. The number of aliphatic hydroxyl groups excluding tert-OH is 1. The van der Waals surface area contributed by atoms with Crippen molar-refractivity contribution in [1.29, 1.82) is 0 Å². The lowest BCUT2D eigenvalue weighted by Gasteiger charge is -2.68. The molecule has 3 aliphatic carbocycles. The molecule has 2 heterocycles. The molecule has 1 aromatic rings. The number of nitrogens with zero attached hydrogens (tertiary/aromatic N) is 1. The largest absolute Gasteiger partial charge is 0.632 e. The maximum Gasteiger partial charge on any atom is 0.165 e. The van der Waals surface area contributed by atoms with E-state index < -0.39 is 29.3 Å². The van der Waals surface area contributed by atoms with Crippen molar-refractivity contribution >= 4 is 0 Å². The molecule has 6 nitrogen and oxygen atoms in total. The third-order valence-electron chi connectivity index (χ3n) is 8.55. The molecule has 3 N–H and O–H groups in total. The summed E-state index contributed by atoms with van der Waals surface area (Å²) in [6.45, 7) is 1.04. The Hall–Kier alpha value is -1.34. The smallest absolute Gasteiger partial charge is 0.165 e. The van der Waals surface area contributed by atoms with E-state index in [1.807, 2.05) is 6.07 Å². The normalized spacial score (nSPS) is 47.1. The van der Waals surface area contributed by atoms with Gasteiger partial charge in [-0.2, -0.15) is 0 Å². The number of phenolic OH excluding ortho intramolecular Hbond substituents is 1. The van der Waals surface area contributed by atoms with Gasteiger partial charge in [-0.15, -0.1) is 0 Å². The van der Waals surface area contributed by atoms with Crippen LogP contribution in [0.4, 0.5) is 0 Å². The lowest BCUT2D eigenvalue weighted by Crippen LogP contribution is -2.81. The third kappa shape index (κ3) is 1.77. The standard InChI is InChI=1S/C21H27NO5/c23-14-5-4-13-10-16-21(25)7-6-15(24)19-20(21,17(13)18(14)27-19)8-9-22(16,26)11-12-2-1-3-12/h4-5,12,15-16,19,23-25H,1-3,6-11H2/t15-,16-,19?,20+,21-,22?/m1/s1. The van der Waals surface area contributed by atoms with Gasteiger partial charge in [0, 0.05) is 24.3 Å². The Labute approximate surface area is 158 Å². The summed E-state index contributed by atoms with van der Waals surface area (Å²) in [6.07, 6.45) is 4.03. The van der Waals surface area contributed by atoms with Crippen LogP contribution in [0.2, 0.25) is 0 Å². The predicted molar refractivity (Wildman–Crippen MR) is 97.2 cm³/mol.